The lowest BCUT2D eigenvalue weighted by molar-refractivity contribution is -0.115. The van der Waals surface area contributed by atoms with Gasteiger partial charge in [0.05, 0.1) is 22.0 Å². The number of hydrogen-bond donors (Lipinski definition) is 5. The Morgan fingerprint density at radius 3 is 2.24 bits per heavy atom. The molecule has 0 fully saturated rings. The van der Waals surface area contributed by atoms with Crippen molar-refractivity contribution >= 4 is 110 Å². The molecule has 20 heteroatoms. The molecule has 0 aliphatic heterocycles. The Balaban J connectivity index is 1.56. The first-order chi connectivity index (χ1) is 21.1. The van der Waals surface area contributed by atoms with Crippen molar-refractivity contribution in [3.05, 3.63) is 71.5 Å². The number of halogens is 3. The lowest BCUT2D eigenvalue weighted by Crippen LogP contribution is -2.23. The van der Waals surface area contributed by atoms with E-state index >= 15 is 0 Å². The third-order valence-electron chi connectivity index (χ3n) is 5.64. The number of aryl methyl sites for hydroxylation is 1. The molecule has 1 unspecified atom stereocenters. The van der Waals surface area contributed by atoms with Crippen molar-refractivity contribution in [2.45, 2.75) is 21.5 Å². The third kappa shape index (κ3) is 9.45. The standard InChI is InChI=1S/C25H21Br2ClN8O7S2/c1-13-9-14(5-7-19(13)36-35-16-3-2-4-17(10-16)44(38,39)40)30-24-32-23(28)33-25(34-24)31-20-11-15(29-22(37)18(27)12-26)6-8-21(20)45(41,42)43/h2-11,18H,12H2,1H3,(H,29,37)(H,38,39,40)(H,41,42,43)(H2,30,31,32,33,34). The van der Waals surface area contributed by atoms with Crippen molar-refractivity contribution in [3.8, 4) is 0 Å². The summed E-state index contributed by atoms with van der Waals surface area (Å²) in [7, 11) is -9.09. The number of anilines is 5. The molecular weight excluding hydrogens is 784 g/mol. The fourth-order valence-corrected chi connectivity index (χ4v) is 5.31. The fourth-order valence-electron chi connectivity index (χ4n) is 3.60. The second kappa shape index (κ2) is 14.2. The number of nitrogens with one attached hydrogen (secondary N) is 3. The number of nitrogens with zero attached hydrogens (tertiary/aromatic N) is 5. The molecule has 0 aliphatic carbocycles. The fraction of sp³-hybridized carbons (Fsp3) is 0.120. The molecule has 1 aromatic heterocycles. The van der Waals surface area contributed by atoms with Crippen LogP contribution in [0.4, 0.5) is 40.3 Å². The molecule has 0 saturated heterocycles. The highest BCUT2D eigenvalue weighted by Crippen LogP contribution is 2.30. The molecule has 0 bridgehead atoms. The minimum absolute atomic E-state index is 0.0226. The van der Waals surface area contributed by atoms with Gasteiger partial charge in [0, 0.05) is 16.7 Å². The molecular formula is C25H21Br2ClN8O7S2. The molecule has 236 valence electrons. The van der Waals surface area contributed by atoms with Gasteiger partial charge in [0.15, 0.2) is 0 Å². The first-order valence-corrected chi connectivity index (χ1v) is 17.6. The average molecular weight is 805 g/mol. The number of amides is 1. The van der Waals surface area contributed by atoms with E-state index in [1.54, 1.807) is 25.1 Å². The minimum Gasteiger partial charge on any atom is -0.325 e. The molecule has 5 N–H and O–H groups in total. The molecule has 0 spiro atoms. The third-order valence-corrected chi connectivity index (χ3v) is 9.83. The Hall–Kier alpha value is -3.59. The van der Waals surface area contributed by atoms with Gasteiger partial charge in [-0.2, -0.15) is 42.0 Å². The van der Waals surface area contributed by atoms with Crippen LogP contribution < -0.4 is 16.0 Å². The lowest BCUT2D eigenvalue weighted by atomic mass is 10.2. The Kier molecular flexibility index (Phi) is 10.8. The van der Waals surface area contributed by atoms with Crippen molar-refractivity contribution in [1.82, 2.24) is 15.0 Å². The predicted molar refractivity (Wildman–Crippen MR) is 174 cm³/mol. The van der Waals surface area contributed by atoms with E-state index in [0.29, 0.717) is 22.3 Å². The largest absolute Gasteiger partial charge is 0.325 e. The van der Waals surface area contributed by atoms with Gasteiger partial charge in [-0.1, -0.05) is 37.9 Å². The summed E-state index contributed by atoms with van der Waals surface area (Å²) in [4.78, 5) is 23.1. The van der Waals surface area contributed by atoms with E-state index < -0.39 is 35.9 Å². The van der Waals surface area contributed by atoms with Crippen LogP contribution in [0.1, 0.15) is 5.56 Å². The zero-order chi connectivity index (χ0) is 32.9. The number of rotatable bonds is 11. The summed E-state index contributed by atoms with van der Waals surface area (Å²) in [6.07, 6.45) is 0. The SMILES string of the molecule is Cc1cc(Nc2nc(Cl)nc(Nc3cc(NC(=O)C(Br)CBr)ccc3S(=O)(=O)O)n2)ccc1N=Nc1cccc(S(=O)(=O)O)c1. The average Bonchev–Trinajstić information content (AvgIpc) is 2.95. The Bertz CT molecular complexity index is 2020. The maximum Gasteiger partial charge on any atom is 0.296 e. The monoisotopic (exact) mass is 802 g/mol. The van der Waals surface area contributed by atoms with Crippen LogP contribution in [0.3, 0.4) is 0 Å². The number of benzene rings is 3. The number of aromatic nitrogens is 3. The summed E-state index contributed by atoms with van der Waals surface area (Å²) in [5.74, 6) is -0.606. The van der Waals surface area contributed by atoms with Gasteiger partial charge >= 0.3 is 0 Å². The maximum atomic E-state index is 12.3. The van der Waals surface area contributed by atoms with E-state index in [-0.39, 0.29) is 39.1 Å². The van der Waals surface area contributed by atoms with Crippen molar-refractivity contribution in [1.29, 1.82) is 0 Å². The summed E-state index contributed by atoms with van der Waals surface area (Å²) in [6, 6.07) is 14.0. The lowest BCUT2D eigenvalue weighted by Gasteiger charge is -2.14. The van der Waals surface area contributed by atoms with Gasteiger partial charge in [0.2, 0.25) is 23.1 Å². The van der Waals surface area contributed by atoms with Crippen LogP contribution in [-0.4, -0.2) is 57.0 Å². The predicted octanol–water partition coefficient (Wildman–Crippen LogP) is 6.33. The molecule has 15 nitrogen and oxygen atoms in total. The number of carbonyl (C=O) groups is 1. The van der Waals surface area contributed by atoms with E-state index in [1.165, 1.54) is 36.4 Å². The number of azo groups is 1. The molecule has 1 heterocycles. The van der Waals surface area contributed by atoms with Gasteiger partial charge in [0.1, 0.15) is 9.72 Å². The minimum atomic E-state index is -4.70. The van der Waals surface area contributed by atoms with Crippen molar-refractivity contribution in [2.75, 3.05) is 21.3 Å². The summed E-state index contributed by atoms with van der Waals surface area (Å²) < 4.78 is 65.7. The molecule has 1 atom stereocenters. The van der Waals surface area contributed by atoms with Gasteiger partial charge in [-0.05, 0) is 78.7 Å². The molecule has 45 heavy (non-hydrogen) atoms. The second-order valence-corrected chi connectivity index (χ2v) is 13.9. The number of carbonyl (C=O) groups excluding carboxylic acids is 1. The molecule has 0 saturated carbocycles. The van der Waals surface area contributed by atoms with E-state index in [0.717, 1.165) is 6.07 Å². The normalized spacial score (nSPS) is 12.6. The molecule has 4 aromatic rings. The Morgan fingerprint density at radius 1 is 0.911 bits per heavy atom. The van der Waals surface area contributed by atoms with Crippen LogP contribution >= 0.6 is 43.5 Å². The molecule has 3 aromatic carbocycles. The van der Waals surface area contributed by atoms with Gasteiger partial charge in [0.25, 0.3) is 20.2 Å². The number of hydrogen-bond acceptors (Lipinski definition) is 12. The molecule has 0 aliphatic rings. The zero-order valence-electron chi connectivity index (χ0n) is 22.7. The molecule has 0 radical (unpaired) electrons. The van der Waals surface area contributed by atoms with Crippen molar-refractivity contribution < 1.29 is 30.7 Å². The summed E-state index contributed by atoms with van der Waals surface area (Å²) >= 11 is 12.5. The zero-order valence-corrected chi connectivity index (χ0v) is 28.2. The molecule has 4 rings (SSSR count). The summed E-state index contributed by atoms with van der Waals surface area (Å²) in [5, 5.41) is 16.5. The molecule has 1 amide bonds. The van der Waals surface area contributed by atoms with E-state index in [2.05, 4.69) is 73.0 Å². The Labute approximate surface area is 278 Å². The summed E-state index contributed by atoms with van der Waals surface area (Å²) in [5.41, 5.74) is 1.91. The first kappa shape index (κ1) is 34.3. The topological polar surface area (TPSA) is 225 Å². The summed E-state index contributed by atoms with van der Waals surface area (Å²) in [6.45, 7) is 1.75. The van der Waals surface area contributed by atoms with Gasteiger partial charge in [-0.25, -0.2) is 0 Å². The highest BCUT2D eigenvalue weighted by atomic mass is 79.9. The second-order valence-electron chi connectivity index (χ2n) is 8.97. The van der Waals surface area contributed by atoms with Gasteiger partial charge in [-0.15, -0.1) is 0 Å². The van der Waals surface area contributed by atoms with Crippen LogP contribution in [-0.2, 0) is 25.0 Å². The van der Waals surface area contributed by atoms with Crippen LogP contribution in [0.15, 0.2) is 80.7 Å². The smallest absolute Gasteiger partial charge is 0.296 e. The van der Waals surface area contributed by atoms with Crippen LogP contribution in [0.5, 0.6) is 0 Å². The highest BCUT2D eigenvalue weighted by Gasteiger charge is 2.20. The quantitative estimate of drug-likeness (QED) is 0.0638. The highest BCUT2D eigenvalue weighted by molar-refractivity contribution is 9.12. The van der Waals surface area contributed by atoms with Crippen LogP contribution in [0.2, 0.25) is 5.28 Å². The Morgan fingerprint density at radius 2 is 1.60 bits per heavy atom. The maximum absolute atomic E-state index is 12.3. The van der Waals surface area contributed by atoms with Crippen molar-refractivity contribution in [3.63, 3.8) is 0 Å². The van der Waals surface area contributed by atoms with E-state index in [4.69, 9.17) is 11.6 Å². The van der Waals surface area contributed by atoms with Crippen molar-refractivity contribution in [2.24, 2.45) is 10.2 Å². The van der Waals surface area contributed by atoms with Gasteiger partial charge in [-0.3, -0.25) is 13.9 Å². The van der Waals surface area contributed by atoms with Crippen LogP contribution in [0.25, 0.3) is 0 Å². The van der Waals surface area contributed by atoms with E-state index in [1.807, 2.05) is 0 Å². The first-order valence-electron chi connectivity index (χ1n) is 12.3. The number of alkyl halides is 2. The van der Waals surface area contributed by atoms with Crippen LogP contribution in [0, 0.1) is 6.92 Å². The van der Waals surface area contributed by atoms with Gasteiger partial charge < -0.3 is 16.0 Å². The van der Waals surface area contributed by atoms with E-state index in [9.17, 15) is 30.7 Å².